The van der Waals surface area contributed by atoms with Gasteiger partial charge in [0.05, 0.1) is 0 Å². The number of anilines is 1. The van der Waals surface area contributed by atoms with Crippen LogP contribution in [0.5, 0.6) is 0 Å². The van der Waals surface area contributed by atoms with Crippen molar-refractivity contribution in [3.63, 3.8) is 0 Å². The Balaban J connectivity index is 2.10. The molecule has 15 heavy (non-hydrogen) atoms. The maximum Gasteiger partial charge on any atom is 0.0366 e. The fourth-order valence-electron chi connectivity index (χ4n) is 2.16. The molecule has 1 heterocycles. The molecule has 2 N–H and O–H groups in total. The van der Waals surface area contributed by atoms with E-state index in [4.69, 9.17) is 5.73 Å². The van der Waals surface area contributed by atoms with Crippen LogP contribution >= 0.6 is 0 Å². The molecule has 2 atom stereocenters. The van der Waals surface area contributed by atoms with Crippen molar-refractivity contribution in [3.05, 3.63) is 29.8 Å². The molecule has 0 saturated carbocycles. The van der Waals surface area contributed by atoms with E-state index in [0.717, 1.165) is 5.92 Å². The minimum atomic E-state index is 0.136. The molecule has 1 saturated heterocycles. The summed E-state index contributed by atoms with van der Waals surface area (Å²) in [5, 5.41) is 0. The number of rotatable bonds is 2. The summed E-state index contributed by atoms with van der Waals surface area (Å²) in [5.74, 6) is 0.832. The summed E-state index contributed by atoms with van der Waals surface area (Å²) >= 11 is 0. The molecule has 0 spiro atoms. The molecule has 2 nitrogen and oxygen atoms in total. The third-order valence-electron chi connectivity index (χ3n) is 3.21. The smallest absolute Gasteiger partial charge is 0.0366 e. The van der Waals surface area contributed by atoms with Crippen molar-refractivity contribution in [3.8, 4) is 0 Å². The van der Waals surface area contributed by atoms with E-state index >= 15 is 0 Å². The van der Waals surface area contributed by atoms with Crippen LogP contribution in [0.4, 0.5) is 5.69 Å². The van der Waals surface area contributed by atoms with Crippen LogP contribution < -0.4 is 10.6 Å². The van der Waals surface area contributed by atoms with Crippen LogP contribution in [-0.4, -0.2) is 13.1 Å². The minimum Gasteiger partial charge on any atom is -0.371 e. The van der Waals surface area contributed by atoms with Gasteiger partial charge in [-0.1, -0.05) is 19.1 Å². The van der Waals surface area contributed by atoms with Gasteiger partial charge in [0.2, 0.25) is 0 Å². The van der Waals surface area contributed by atoms with E-state index in [9.17, 15) is 0 Å². The lowest BCUT2D eigenvalue weighted by Crippen LogP contribution is -2.19. The first-order valence-electron chi connectivity index (χ1n) is 5.77. The SMILES string of the molecule is CC1CCN(c2ccc([C@@H](C)N)cc2)C1. The van der Waals surface area contributed by atoms with E-state index in [-0.39, 0.29) is 6.04 Å². The van der Waals surface area contributed by atoms with Crippen molar-refractivity contribution < 1.29 is 0 Å². The van der Waals surface area contributed by atoms with Crippen LogP contribution in [0.15, 0.2) is 24.3 Å². The summed E-state index contributed by atoms with van der Waals surface area (Å²) in [5.41, 5.74) is 8.38. The molecular weight excluding hydrogens is 184 g/mol. The Morgan fingerprint density at radius 2 is 2.00 bits per heavy atom. The third kappa shape index (κ3) is 2.32. The van der Waals surface area contributed by atoms with Gasteiger partial charge in [0, 0.05) is 24.8 Å². The molecular formula is C13H20N2. The Morgan fingerprint density at radius 1 is 1.33 bits per heavy atom. The Kier molecular flexibility index (Phi) is 2.96. The summed E-state index contributed by atoms with van der Waals surface area (Å²) < 4.78 is 0. The predicted octanol–water partition coefficient (Wildman–Crippen LogP) is 2.55. The van der Waals surface area contributed by atoms with E-state index in [0.29, 0.717) is 0 Å². The van der Waals surface area contributed by atoms with Gasteiger partial charge >= 0.3 is 0 Å². The van der Waals surface area contributed by atoms with Gasteiger partial charge in [0.1, 0.15) is 0 Å². The number of nitrogens with two attached hydrogens (primary N) is 1. The van der Waals surface area contributed by atoms with Crippen LogP contribution in [0.3, 0.4) is 0 Å². The lowest BCUT2D eigenvalue weighted by Gasteiger charge is -2.18. The summed E-state index contributed by atoms with van der Waals surface area (Å²) in [6, 6.07) is 8.80. The molecule has 1 aromatic carbocycles. The zero-order chi connectivity index (χ0) is 10.8. The fraction of sp³-hybridized carbons (Fsp3) is 0.538. The maximum atomic E-state index is 5.83. The summed E-state index contributed by atoms with van der Waals surface area (Å²) in [4.78, 5) is 2.45. The van der Waals surface area contributed by atoms with Crippen LogP contribution in [0.1, 0.15) is 31.9 Å². The second-order valence-corrected chi connectivity index (χ2v) is 4.72. The standard InChI is InChI=1S/C13H20N2/c1-10-7-8-15(9-10)13-5-3-12(4-6-13)11(2)14/h3-6,10-11H,7-9,14H2,1-2H3/t10?,11-/m1/s1. The van der Waals surface area contributed by atoms with Gasteiger partial charge in [0.15, 0.2) is 0 Å². The normalized spacial score (nSPS) is 23.1. The molecule has 82 valence electrons. The third-order valence-corrected chi connectivity index (χ3v) is 3.21. The molecule has 1 aromatic rings. The van der Waals surface area contributed by atoms with E-state index < -0.39 is 0 Å². The van der Waals surface area contributed by atoms with Gasteiger partial charge in [-0.15, -0.1) is 0 Å². The number of hydrogen-bond acceptors (Lipinski definition) is 2. The van der Waals surface area contributed by atoms with E-state index in [1.54, 1.807) is 0 Å². The van der Waals surface area contributed by atoms with Crippen LogP contribution in [0.25, 0.3) is 0 Å². The number of benzene rings is 1. The zero-order valence-corrected chi connectivity index (χ0v) is 9.61. The lowest BCUT2D eigenvalue weighted by molar-refractivity contribution is 0.659. The Labute approximate surface area is 92.1 Å². The summed E-state index contributed by atoms with van der Waals surface area (Å²) in [6.45, 7) is 6.72. The average Bonchev–Trinajstić information content (AvgIpc) is 2.65. The van der Waals surface area contributed by atoms with Gasteiger partial charge < -0.3 is 10.6 Å². The van der Waals surface area contributed by atoms with Gasteiger partial charge in [-0.2, -0.15) is 0 Å². The first-order valence-corrected chi connectivity index (χ1v) is 5.77. The monoisotopic (exact) mass is 204 g/mol. The van der Waals surface area contributed by atoms with Crippen LogP contribution in [0, 0.1) is 5.92 Å². The predicted molar refractivity (Wildman–Crippen MR) is 65.0 cm³/mol. The average molecular weight is 204 g/mol. The zero-order valence-electron chi connectivity index (χ0n) is 9.61. The van der Waals surface area contributed by atoms with Crippen LogP contribution in [0.2, 0.25) is 0 Å². The number of nitrogens with zero attached hydrogens (tertiary/aromatic N) is 1. The Morgan fingerprint density at radius 3 is 2.47 bits per heavy atom. The second kappa shape index (κ2) is 4.23. The Bertz CT molecular complexity index is 316. The lowest BCUT2D eigenvalue weighted by atomic mass is 10.1. The van der Waals surface area contributed by atoms with Crippen molar-refractivity contribution >= 4 is 5.69 Å². The maximum absolute atomic E-state index is 5.83. The Hall–Kier alpha value is -1.02. The van der Waals surface area contributed by atoms with Gasteiger partial charge in [-0.3, -0.25) is 0 Å². The van der Waals surface area contributed by atoms with E-state index in [1.165, 1.54) is 30.8 Å². The molecule has 0 amide bonds. The highest BCUT2D eigenvalue weighted by atomic mass is 15.1. The van der Waals surface area contributed by atoms with Crippen molar-refractivity contribution in [1.82, 2.24) is 0 Å². The van der Waals surface area contributed by atoms with Crippen molar-refractivity contribution in [2.75, 3.05) is 18.0 Å². The molecule has 1 aliphatic rings. The molecule has 1 unspecified atom stereocenters. The van der Waals surface area contributed by atoms with Gasteiger partial charge in [-0.25, -0.2) is 0 Å². The highest BCUT2D eigenvalue weighted by Crippen LogP contribution is 2.24. The van der Waals surface area contributed by atoms with Crippen molar-refractivity contribution in [2.45, 2.75) is 26.3 Å². The van der Waals surface area contributed by atoms with Crippen molar-refractivity contribution in [1.29, 1.82) is 0 Å². The first kappa shape index (κ1) is 10.5. The largest absolute Gasteiger partial charge is 0.371 e. The molecule has 0 bridgehead atoms. The first-order chi connectivity index (χ1) is 7.16. The summed E-state index contributed by atoms with van der Waals surface area (Å²) in [7, 11) is 0. The highest BCUT2D eigenvalue weighted by molar-refractivity contribution is 5.48. The quantitative estimate of drug-likeness (QED) is 0.802. The van der Waals surface area contributed by atoms with Crippen LogP contribution in [-0.2, 0) is 0 Å². The number of hydrogen-bond donors (Lipinski definition) is 1. The molecule has 1 fully saturated rings. The van der Waals surface area contributed by atoms with E-state index in [2.05, 4.69) is 36.1 Å². The highest BCUT2D eigenvalue weighted by Gasteiger charge is 2.18. The molecule has 2 heteroatoms. The molecule has 1 aliphatic heterocycles. The topological polar surface area (TPSA) is 29.3 Å². The van der Waals surface area contributed by atoms with E-state index in [1.807, 2.05) is 6.92 Å². The molecule has 2 rings (SSSR count). The minimum absolute atomic E-state index is 0.136. The second-order valence-electron chi connectivity index (χ2n) is 4.72. The molecule has 0 radical (unpaired) electrons. The fourth-order valence-corrected chi connectivity index (χ4v) is 2.16. The van der Waals surface area contributed by atoms with Crippen molar-refractivity contribution in [2.24, 2.45) is 11.7 Å². The van der Waals surface area contributed by atoms with Gasteiger partial charge in [0.25, 0.3) is 0 Å². The molecule has 0 aliphatic carbocycles. The van der Waals surface area contributed by atoms with Gasteiger partial charge in [-0.05, 0) is 37.0 Å². The molecule has 0 aromatic heterocycles. The summed E-state index contributed by atoms with van der Waals surface area (Å²) in [6.07, 6.45) is 1.31.